The van der Waals surface area contributed by atoms with Crippen molar-refractivity contribution in [1.82, 2.24) is 0 Å². The number of carbonyl (C=O) groups excluding carboxylic acids is 1. The van der Waals surface area contributed by atoms with Gasteiger partial charge in [-0.25, -0.2) is 0 Å². The summed E-state index contributed by atoms with van der Waals surface area (Å²) in [5.41, 5.74) is 2.26. The molecule has 0 aromatic heterocycles. The van der Waals surface area contributed by atoms with Crippen LogP contribution in [0.4, 0.5) is 0 Å². The summed E-state index contributed by atoms with van der Waals surface area (Å²) in [6.07, 6.45) is 2.15. The van der Waals surface area contributed by atoms with Gasteiger partial charge in [0.1, 0.15) is 0 Å². The Labute approximate surface area is 118 Å². The van der Waals surface area contributed by atoms with Crippen molar-refractivity contribution >= 4 is 34.0 Å². The molecule has 3 heteroatoms. The van der Waals surface area contributed by atoms with Crippen molar-refractivity contribution < 1.29 is 4.79 Å². The molecule has 0 amide bonds. The van der Waals surface area contributed by atoms with Gasteiger partial charge in [-0.05, 0) is 53.1 Å². The van der Waals surface area contributed by atoms with Gasteiger partial charge in [-0.2, -0.15) is 0 Å². The van der Waals surface area contributed by atoms with Gasteiger partial charge < -0.3 is 0 Å². The van der Waals surface area contributed by atoms with Crippen LogP contribution in [0.25, 0.3) is 5.57 Å². The van der Waals surface area contributed by atoms with E-state index in [1.54, 1.807) is 0 Å². The maximum Gasteiger partial charge on any atom is 0.225 e. The Hall–Kier alpha value is -0.790. The summed E-state index contributed by atoms with van der Waals surface area (Å²) in [5, 5.41) is 0.497. The Morgan fingerprint density at radius 1 is 1.28 bits per heavy atom. The summed E-state index contributed by atoms with van der Waals surface area (Å²) < 4.78 is 0. The van der Waals surface area contributed by atoms with Gasteiger partial charge in [0, 0.05) is 10.9 Å². The van der Waals surface area contributed by atoms with E-state index in [0.29, 0.717) is 0 Å². The molecule has 1 aliphatic rings. The van der Waals surface area contributed by atoms with Gasteiger partial charge in [-0.3, -0.25) is 4.79 Å². The Morgan fingerprint density at radius 2 is 1.83 bits per heavy atom. The lowest BCUT2D eigenvalue weighted by molar-refractivity contribution is -0.113. The highest BCUT2D eigenvalue weighted by molar-refractivity contribution is 6.64. The summed E-state index contributed by atoms with van der Waals surface area (Å²) >= 11 is 11.5. The first-order chi connectivity index (χ1) is 8.34. The van der Waals surface area contributed by atoms with E-state index in [1.165, 1.54) is 0 Å². The normalized spacial score (nSPS) is 25.9. The standard InChI is InChI=1S/C15H16Cl2O/c1-9(10-4-6-11(16)7-5-10)8-12-13(14(17)18)15(12,2)3/h4-8,12-13H,1-3H3. The third-order valence-corrected chi connectivity index (χ3v) is 4.37. The Kier molecular flexibility index (Phi) is 3.57. The molecule has 1 aliphatic carbocycles. The fourth-order valence-electron chi connectivity index (χ4n) is 2.50. The smallest absolute Gasteiger partial charge is 0.225 e. The maximum atomic E-state index is 11.3. The molecule has 0 aliphatic heterocycles. The molecule has 0 bridgehead atoms. The van der Waals surface area contributed by atoms with E-state index < -0.39 is 0 Å². The highest BCUT2D eigenvalue weighted by Gasteiger charge is 2.59. The van der Waals surface area contributed by atoms with Crippen molar-refractivity contribution in [2.24, 2.45) is 17.3 Å². The molecule has 2 rings (SSSR count). The minimum absolute atomic E-state index is 0.0213. The van der Waals surface area contributed by atoms with Gasteiger partial charge in [0.25, 0.3) is 0 Å². The molecular weight excluding hydrogens is 267 g/mol. The average Bonchev–Trinajstić information content (AvgIpc) is 2.81. The number of rotatable bonds is 3. The van der Waals surface area contributed by atoms with Gasteiger partial charge in [0.05, 0.1) is 0 Å². The first kappa shape index (κ1) is 13.6. The summed E-state index contributed by atoms with van der Waals surface area (Å²) in [6, 6.07) is 7.72. The van der Waals surface area contributed by atoms with Gasteiger partial charge in [-0.1, -0.05) is 43.7 Å². The van der Waals surface area contributed by atoms with Crippen LogP contribution in [0.5, 0.6) is 0 Å². The third-order valence-electron chi connectivity index (χ3n) is 3.88. The summed E-state index contributed by atoms with van der Waals surface area (Å²) in [4.78, 5) is 11.3. The molecule has 0 heterocycles. The second-order valence-corrected chi connectivity index (χ2v) is 6.29. The number of benzene rings is 1. The van der Waals surface area contributed by atoms with Crippen molar-refractivity contribution in [3.8, 4) is 0 Å². The van der Waals surface area contributed by atoms with Gasteiger partial charge in [0.15, 0.2) is 0 Å². The van der Waals surface area contributed by atoms with Crippen LogP contribution < -0.4 is 0 Å². The van der Waals surface area contributed by atoms with Crippen LogP contribution in [-0.2, 0) is 4.79 Å². The zero-order chi connectivity index (χ0) is 13.5. The van der Waals surface area contributed by atoms with E-state index >= 15 is 0 Å². The second kappa shape index (κ2) is 4.71. The summed E-state index contributed by atoms with van der Waals surface area (Å²) in [5.74, 6) is 0.180. The summed E-state index contributed by atoms with van der Waals surface area (Å²) in [6.45, 7) is 6.20. The predicted molar refractivity (Wildman–Crippen MR) is 76.7 cm³/mol. The molecule has 96 valence electrons. The molecule has 0 saturated heterocycles. The SMILES string of the molecule is CC(=CC1C(C(=O)Cl)C1(C)C)c1ccc(Cl)cc1. The Bertz CT molecular complexity index is 500. The minimum Gasteiger partial charge on any atom is -0.281 e. The fourth-order valence-corrected chi connectivity index (χ4v) is 3.04. The zero-order valence-electron chi connectivity index (χ0n) is 10.7. The maximum absolute atomic E-state index is 11.3. The van der Waals surface area contributed by atoms with Crippen LogP contribution in [0.2, 0.25) is 5.02 Å². The van der Waals surface area contributed by atoms with Crippen molar-refractivity contribution in [2.75, 3.05) is 0 Å². The van der Waals surface area contributed by atoms with Crippen LogP contribution in [0.15, 0.2) is 30.3 Å². The fraction of sp³-hybridized carbons (Fsp3) is 0.400. The monoisotopic (exact) mass is 282 g/mol. The van der Waals surface area contributed by atoms with Crippen molar-refractivity contribution in [2.45, 2.75) is 20.8 Å². The van der Waals surface area contributed by atoms with Crippen LogP contribution in [0.3, 0.4) is 0 Å². The van der Waals surface area contributed by atoms with E-state index in [4.69, 9.17) is 23.2 Å². The average molecular weight is 283 g/mol. The third kappa shape index (κ3) is 2.48. The molecule has 2 atom stereocenters. The lowest BCUT2D eigenvalue weighted by Crippen LogP contribution is -1.96. The first-order valence-electron chi connectivity index (χ1n) is 5.97. The molecule has 0 spiro atoms. The number of allylic oxidation sites excluding steroid dienone is 2. The van der Waals surface area contributed by atoms with Crippen LogP contribution in [-0.4, -0.2) is 5.24 Å². The van der Waals surface area contributed by atoms with Crippen molar-refractivity contribution in [1.29, 1.82) is 0 Å². The van der Waals surface area contributed by atoms with Gasteiger partial charge in [0.2, 0.25) is 5.24 Å². The number of halogens is 2. The van der Waals surface area contributed by atoms with Crippen LogP contribution in [0, 0.1) is 17.3 Å². The zero-order valence-corrected chi connectivity index (χ0v) is 12.2. The highest BCUT2D eigenvalue weighted by Crippen LogP contribution is 2.60. The molecule has 1 fully saturated rings. The van der Waals surface area contributed by atoms with Crippen LogP contribution in [0.1, 0.15) is 26.3 Å². The van der Waals surface area contributed by atoms with E-state index in [0.717, 1.165) is 16.2 Å². The van der Waals surface area contributed by atoms with E-state index in [9.17, 15) is 4.79 Å². The van der Waals surface area contributed by atoms with E-state index in [1.807, 2.05) is 31.2 Å². The van der Waals surface area contributed by atoms with Gasteiger partial charge >= 0.3 is 0 Å². The molecule has 0 N–H and O–H groups in total. The van der Waals surface area contributed by atoms with Crippen LogP contribution >= 0.6 is 23.2 Å². The molecule has 1 aromatic carbocycles. The minimum atomic E-state index is -0.231. The Morgan fingerprint density at radius 3 is 2.28 bits per heavy atom. The molecule has 2 unspecified atom stereocenters. The molecule has 1 nitrogen and oxygen atoms in total. The quantitative estimate of drug-likeness (QED) is 0.729. The first-order valence-corrected chi connectivity index (χ1v) is 6.73. The molecule has 1 aromatic rings. The lowest BCUT2D eigenvalue weighted by atomic mass is 10.0. The highest BCUT2D eigenvalue weighted by atomic mass is 35.5. The topological polar surface area (TPSA) is 17.1 Å². The number of hydrogen-bond donors (Lipinski definition) is 0. The molecular formula is C15H16Cl2O. The largest absolute Gasteiger partial charge is 0.281 e. The van der Waals surface area contributed by atoms with Gasteiger partial charge in [-0.15, -0.1) is 0 Å². The summed E-state index contributed by atoms with van der Waals surface area (Å²) in [7, 11) is 0. The second-order valence-electron chi connectivity index (χ2n) is 5.49. The van der Waals surface area contributed by atoms with E-state index in [-0.39, 0.29) is 22.5 Å². The lowest BCUT2D eigenvalue weighted by Gasteiger charge is -2.03. The van der Waals surface area contributed by atoms with Crippen molar-refractivity contribution in [3.05, 3.63) is 40.9 Å². The molecule has 18 heavy (non-hydrogen) atoms. The molecule has 1 saturated carbocycles. The number of carbonyl (C=O) groups is 1. The van der Waals surface area contributed by atoms with E-state index in [2.05, 4.69) is 19.9 Å². The predicted octanol–water partition coefficient (Wildman–Crippen LogP) is 4.78. The van der Waals surface area contributed by atoms with Crippen molar-refractivity contribution in [3.63, 3.8) is 0 Å². The number of hydrogen-bond acceptors (Lipinski definition) is 1. The Balaban J connectivity index is 2.20. The molecule has 0 radical (unpaired) electrons.